The number of carbonyl (C=O) groups is 3. The van der Waals surface area contributed by atoms with Gasteiger partial charge in [-0.3, -0.25) is 14.5 Å². The number of aromatic nitrogens is 2. The number of fused-ring (bicyclic) bond motifs is 2. The number of allylic oxidation sites excluding steroid dienone is 1. The molecule has 2 atom stereocenters. The van der Waals surface area contributed by atoms with Crippen molar-refractivity contribution in [1.29, 1.82) is 0 Å². The van der Waals surface area contributed by atoms with Crippen LogP contribution in [0.25, 0.3) is 0 Å². The number of rotatable bonds is 7. The number of aliphatic carboxylic acids is 1. The Morgan fingerprint density at radius 3 is 2.94 bits per heavy atom. The number of aryl methyl sites for hydroxylation is 1. The highest BCUT2D eigenvalue weighted by Gasteiger charge is 2.54. The van der Waals surface area contributed by atoms with Gasteiger partial charge in [0.25, 0.3) is 11.8 Å². The Balaban J connectivity index is 1.36. The third kappa shape index (κ3) is 4.03. The first-order chi connectivity index (χ1) is 16.9. The van der Waals surface area contributed by atoms with E-state index in [4.69, 9.17) is 10.6 Å². The molecule has 1 fully saturated rings. The minimum Gasteiger partial charge on any atom is -0.477 e. The summed E-state index contributed by atoms with van der Waals surface area (Å²) < 4.78 is 2.09. The maximum Gasteiger partial charge on any atom is 0.352 e. The number of oxime groups is 1. The number of β-lactam (4-membered cyclic amide) rings is 1. The number of nitrogens with one attached hydrogen (secondary N) is 1. The molecule has 0 unspecified atom stereocenters. The van der Waals surface area contributed by atoms with Gasteiger partial charge in [-0.2, -0.15) is 4.57 Å². The summed E-state index contributed by atoms with van der Waals surface area (Å²) in [6.07, 6.45) is 6.09. The molecule has 4 heterocycles. The van der Waals surface area contributed by atoms with E-state index in [-0.39, 0.29) is 22.2 Å². The molecular formula is C23H25N6O5S+. The molecule has 0 radical (unpaired) electrons. The molecule has 3 aliphatic rings. The Labute approximate surface area is 204 Å². The van der Waals surface area contributed by atoms with Crippen LogP contribution in [0.4, 0.5) is 5.13 Å². The van der Waals surface area contributed by atoms with Crippen molar-refractivity contribution in [1.82, 2.24) is 15.2 Å². The second-order valence-electron chi connectivity index (χ2n) is 8.68. The third-order valence-electron chi connectivity index (χ3n) is 6.69. The van der Waals surface area contributed by atoms with Crippen molar-refractivity contribution < 1.29 is 28.9 Å². The highest BCUT2D eigenvalue weighted by Crippen LogP contribution is 2.37. The fourth-order valence-electron chi connectivity index (χ4n) is 5.16. The molecule has 2 aromatic rings. The maximum absolute atomic E-state index is 13.1. The highest BCUT2D eigenvalue weighted by molar-refractivity contribution is 7.13. The smallest absolute Gasteiger partial charge is 0.352 e. The van der Waals surface area contributed by atoms with E-state index in [1.165, 1.54) is 23.3 Å². The Kier molecular flexibility index (Phi) is 5.97. The fourth-order valence-corrected chi connectivity index (χ4v) is 5.71. The number of amides is 2. The predicted molar refractivity (Wildman–Crippen MR) is 125 cm³/mol. The molecule has 0 saturated carbocycles. The summed E-state index contributed by atoms with van der Waals surface area (Å²) in [5.41, 5.74) is 9.02. The Morgan fingerprint density at radius 2 is 2.23 bits per heavy atom. The molecule has 2 amide bonds. The van der Waals surface area contributed by atoms with Gasteiger partial charge in [-0.25, -0.2) is 9.78 Å². The minimum atomic E-state index is -1.14. The van der Waals surface area contributed by atoms with E-state index in [0.717, 1.165) is 30.6 Å². The summed E-state index contributed by atoms with van der Waals surface area (Å²) in [5, 5.41) is 18.2. The molecule has 11 nitrogen and oxygen atoms in total. The molecule has 4 N–H and O–H groups in total. The van der Waals surface area contributed by atoms with Crippen LogP contribution < -0.4 is 15.6 Å². The molecule has 5 rings (SSSR count). The molecule has 12 heteroatoms. The number of carboxylic acids is 1. The van der Waals surface area contributed by atoms with Gasteiger partial charge in [0, 0.05) is 29.0 Å². The first-order valence-electron chi connectivity index (χ1n) is 11.3. The van der Waals surface area contributed by atoms with E-state index in [1.54, 1.807) is 5.38 Å². The van der Waals surface area contributed by atoms with E-state index < -0.39 is 29.9 Å². The van der Waals surface area contributed by atoms with Crippen molar-refractivity contribution in [3.8, 4) is 0 Å². The number of hydrogen-bond donors (Lipinski definition) is 3. The fraction of sp³-hybridized carbons (Fsp3) is 0.391. The van der Waals surface area contributed by atoms with Crippen molar-refractivity contribution in [2.45, 2.75) is 50.7 Å². The first-order valence-corrected chi connectivity index (χ1v) is 12.2. The quantitative estimate of drug-likeness (QED) is 0.216. The van der Waals surface area contributed by atoms with Gasteiger partial charge in [0.1, 0.15) is 24.5 Å². The largest absolute Gasteiger partial charge is 0.477 e. The van der Waals surface area contributed by atoms with E-state index in [1.807, 2.05) is 12.3 Å². The number of carbonyl (C=O) groups excluding carboxylic acids is 2. The summed E-state index contributed by atoms with van der Waals surface area (Å²) >= 11 is 1.15. The van der Waals surface area contributed by atoms with Crippen molar-refractivity contribution in [3.63, 3.8) is 0 Å². The number of carboxylic acid groups (broad SMARTS) is 1. The number of thiazole rings is 1. The van der Waals surface area contributed by atoms with Crippen molar-refractivity contribution in [2.75, 3.05) is 12.8 Å². The molecule has 182 valence electrons. The second kappa shape index (κ2) is 9.10. The second-order valence-corrected chi connectivity index (χ2v) is 9.57. The number of hydrogen-bond acceptors (Lipinski definition) is 8. The Hall–Kier alpha value is -3.80. The molecular weight excluding hydrogens is 472 g/mol. The van der Waals surface area contributed by atoms with Gasteiger partial charge in [0.05, 0.1) is 6.04 Å². The monoisotopic (exact) mass is 497 g/mol. The summed E-state index contributed by atoms with van der Waals surface area (Å²) in [5.74, 6) is -2.25. The van der Waals surface area contributed by atoms with E-state index in [0.29, 0.717) is 25.0 Å². The molecule has 2 aromatic heterocycles. The topological polar surface area (TPSA) is 151 Å². The van der Waals surface area contributed by atoms with Crippen LogP contribution in [0.3, 0.4) is 0 Å². The summed E-state index contributed by atoms with van der Waals surface area (Å²) in [6.45, 7) is 0.425. The van der Waals surface area contributed by atoms with Crippen LogP contribution in [0.1, 0.15) is 36.2 Å². The van der Waals surface area contributed by atoms with E-state index in [9.17, 15) is 19.5 Å². The summed E-state index contributed by atoms with van der Waals surface area (Å²) in [7, 11) is 1.30. The SMILES string of the molecule is CON=C(C(=O)N[C@@H]1C(=O)N2C(C(=O)O)=C(C[n+]3cccc4c3CCC4)CC[C@H]12)c1csc(N)n1. The Bertz CT molecular complexity index is 1280. The lowest BCUT2D eigenvalue weighted by atomic mass is 9.83. The molecule has 0 aromatic carbocycles. The molecule has 0 bridgehead atoms. The zero-order valence-corrected chi connectivity index (χ0v) is 19.9. The number of anilines is 1. The first kappa shape index (κ1) is 23.0. The average Bonchev–Trinajstić information content (AvgIpc) is 3.49. The number of nitrogens with two attached hydrogens (primary N) is 1. The van der Waals surface area contributed by atoms with Crippen LogP contribution in [0.15, 0.2) is 40.1 Å². The van der Waals surface area contributed by atoms with Crippen LogP contribution in [0.5, 0.6) is 0 Å². The molecule has 35 heavy (non-hydrogen) atoms. The van der Waals surface area contributed by atoms with Gasteiger partial charge in [-0.05, 0) is 31.7 Å². The van der Waals surface area contributed by atoms with E-state index >= 15 is 0 Å². The molecule has 2 aliphatic heterocycles. The van der Waals surface area contributed by atoms with Crippen LogP contribution in [0, 0.1) is 0 Å². The van der Waals surface area contributed by atoms with Crippen molar-refractivity contribution in [3.05, 3.63) is 51.9 Å². The zero-order chi connectivity index (χ0) is 24.7. The van der Waals surface area contributed by atoms with Crippen LogP contribution in [0.2, 0.25) is 0 Å². The van der Waals surface area contributed by atoms with Gasteiger partial charge >= 0.3 is 5.97 Å². The third-order valence-corrected chi connectivity index (χ3v) is 7.36. The maximum atomic E-state index is 13.1. The standard InChI is InChI=1S/C23H24N6O5S/c1-34-27-17(14-11-35-23(24)25-14)20(30)26-18-16-8-7-13(19(22(32)33)29(16)21(18)31)10-28-9-3-5-12-4-2-6-15(12)28/h3,5,9,11,16,18H,2,4,6-8,10H2,1H3,(H3-,24,25,26,30,32,33)/p+1/t16-,18+/m1/s1. The van der Waals surface area contributed by atoms with Gasteiger partial charge < -0.3 is 21.0 Å². The van der Waals surface area contributed by atoms with Crippen LogP contribution in [-0.4, -0.2) is 57.7 Å². The number of nitrogen functional groups attached to an aromatic ring is 1. The van der Waals surface area contributed by atoms with E-state index in [2.05, 4.69) is 26.1 Å². The van der Waals surface area contributed by atoms with Crippen LogP contribution >= 0.6 is 11.3 Å². The van der Waals surface area contributed by atoms with Gasteiger partial charge in [-0.15, -0.1) is 11.3 Å². The van der Waals surface area contributed by atoms with Gasteiger partial charge in [0.2, 0.25) is 0 Å². The zero-order valence-electron chi connectivity index (χ0n) is 19.1. The Morgan fingerprint density at radius 1 is 1.40 bits per heavy atom. The summed E-state index contributed by atoms with van der Waals surface area (Å²) in [4.78, 5) is 48.3. The van der Waals surface area contributed by atoms with Crippen molar-refractivity contribution >= 4 is 40.0 Å². The minimum absolute atomic E-state index is 0.0119. The average molecular weight is 498 g/mol. The lowest BCUT2D eigenvalue weighted by molar-refractivity contribution is -0.696. The van der Waals surface area contributed by atoms with Crippen molar-refractivity contribution in [2.24, 2.45) is 5.16 Å². The molecule has 0 spiro atoms. The number of pyridine rings is 1. The number of nitrogens with zero attached hydrogens (tertiary/aromatic N) is 4. The van der Waals surface area contributed by atoms with Crippen LogP contribution in [-0.2, 0) is 38.6 Å². The highest BCUT2D eigenvalue weighted by atomic mass is 32.1. The normalized spacial score (nSPS) is 21.3. The van der Waals surface area contributed by atoms with Gasteiger partial charge in [0.15, 0.2) is 29.3 Å². The summed E-state index contributed by atoms with van der Waals surface area (Å²) in [6, 6.07) is 2.78. The molecule has 1 aliphatic carbocycles. The lowest BCUT2D eigenvalue weighted by Crippen LogP contribution is -2.72. The molecule has 1 saturated heterocycles. The van der Waals surface area contributed by atoms with Gasteiger partial charge in [-0.1, -0.05) is 5.16 Å². The lowest BCUT2D eigenvalue weighted by Gasteiger charge is -2.49. The predicted octanol–water partition coefficient (Wildman–Crippen LogP) is 0.380.